The van der Waals surface area contributed by atoms with Crippen LogP contribution in [-0.2, 0) is 10.3 Å². The highest BCUT2D eigenvalue weighted by Gasteiger charge is 2.43. The zero-order valence-corrected chi connectivity index (χ0v) is 11.4. The van der Waals surface area contributed by atoms with Gasteiger partial charge in [0.15, 0.2) is 11.5 Å². The van der Waals surface area contributed by atoms with Gasteiger partial charge in [-0.3, -0.25) is 0 Å². The Hall–Kier alpha value is -1.51. The van der Waals surface area contributed by atoms with E-state index in [2.05, 4.69) is 4.99 Å². The van der Waals surface area contributed by atoms with Crippen LogP contribution in [0.1, 0.15) is 30.4 Å². The second kappa shape index (κ2) is 4.55. The van der Waals surface area contributed by atoms with Gasteiger partial charge in [-0.25, -0.2) is 4.79 Å². The molecule has 0 saturated heterocycles. The standard InChI is InChI=1S/C14H14ClNO3/c1-9-12(14(16-8-17)3-2-4-14)10(15)7-11-13(9)19-6-5-18-11/h7H,2-6H2,1H3. The highest BCUT2D eigenvalue weighted by Crippen LogP contribution is 2.52. The van der Waals surface area contributed by atoms with E-state index in [4.69, 9.17) is 21.1 Å². The van der Waals surface area contributed by atoms with E-state index in [1.54, 1.807) is 12.1 Å². The molecular weight excluding hydrogens is 266 g/mol. The smallest absolute Gasteiger partial charge is 0.235 e. The van der Waals surface area contributed by atoms with Crippen molar-refractivity contribution in [2.45, 2.75) is 31.7 Å². The predicted molar refractivity (Wildman–Crippen MR) is 70.8 cm³/mol. The summed E-state index contributed by atoms with van der Waals surface area (Å²) in [5.74, 6) is 1.39. The number of isocyanates is 1. The van der Waals surface area contributed by atoms with Gasteiger partial charge in [-0.1, -0.05) is 11.6 Å². The van der Waals surface area contributed by atoms with Crippen molar-refractivity contribution in [1.82, 2.24) is 0 Å². The molecular formula is C14H14ClNO3. The van der Waals surface area contributed by atoms with Crippen molar-refractivity contribution in [1.29, 1.82) is 0 Å². The first-order valence-corrected chi connectivity index (χ1v) is 6.74. The van der Waals surface area contributed by atoms with Gasteiger partial charge < -0.3 is 9.47 Å². The van der Waals surface area contributed by atoms with Gasteiger partial charge in [-0.2, -0.15) is 4.99 Å². The molecule has 0 bridgehead atoms. The molecule has 1 fully saturated rings. The third kappa shape index (κ3) is 1.83. The fourth-order valence-electron chi connectivity index (χ4n) is 2.90. The van der Waals surface area contributed by atoms with Gasteiger partial charge in [0, 0.05) is 17.2 Å². The van der Waals surface area contributed by atoms with Crippen LogP contribution >= 0.6 is 11.6 Å². The molecule has 2 aliphatic rings. The number of ether oxygens (including phenoxy) is 2. The zero-order chi connectivity index (χ0) is 13.5. The van der Waals surface area contributed by atoms with Gasteiger partial charge in [0.05, 0.1) is 5.02 Å². The van der Waals surface area contributed by atoms with Crippen molar-refractivity contribution in [3.05, 3.63) is 22.2 Å². The lowest BCUT2D eigenvalue weighted by atomic mass is 9.71. The molecule has 0 radical (unpaired) electrons. The molecule has 0 aromatic heterocycles. The molecule has 5 heteroatoms. The van der Waals surface area contributed by atoms with Crippen LogP contribution < -0.4 is 9.47 Å². The molecule has 0 unspecified atom stereocenters. The summed E-state index contributed by atoms with van der Waals surface area (Å²) in [5, 5.41) is 0.584. The molecule has 100 valence electrons. The summed E-state index contributed by atoms with van der Waals surface area (Å²) >= 11 is 6.37. The molecule has 1 aliphatic heterocycles. The topological polar surface area (TPSA) is 47.9 Å². The van der Waals surface area contributed by atoms with Crippen molar-refractivity contribution in [2.24, 2.45) is 4.99 Å². The Morgan fingerprint density at radius 1 is 1.37 bits per heavy atom. The van der Waals surface area contributed by atoms with E-state index in [9.17, 15) is 4.79 Å². The van der Waals surface area contributed by atoms with Crippen molar-refractivity contribution < 1.29 is 14.3 Å². The molecule has 1 aromatic rings. The minimum absolute atomic E-state index is 0.515. The van der Waals surface area contributed by atoms with Crippen molar-refractivity contribution in [2.75, 3.05) is 13.2 Å². The average molecular weight is 280 g/mol. The fourth-order valence-corrected chi connectivity index (χ4v) is 3.32. The van der Waals surface area contributed by atoms with E-state index in [-0.39, 0.29) is 0 Å². The van der Waals surface area contributed by atoms with Crippen LogP contribution in [0.3, 0.4) is 0 Å². The van der Waals surface area contributed by atoms with Gasteiger partial charge >= 0.3 is 0 Å². The molecule has 3 rings (SSSR count). The lowest BCUT2D eigenvalue weighted by Gasteiger charge is -2.39. The second-order valence-electron chi connectivity index (χ2n) is 4.97. The normalized spacial score (nSPS) is 19.3. The molecule has 0 spiro atoms. The Morgan fingerprint density at radius 3 is 2.74 bits per heavy atom. The summed E-state index contributed by atoms with van der Waals surface area (Å²) in [6, 6.07) is 1.76. The van der Waals surface area contributed by atoms with E-state index in [1.165, 1.54) is 0 Å². The lowest BCUT2D eigenvalue weighted by molar-refractivity contribution is 0.168. The Balaban J connectivity index is 2.18. The van der Waals surface area contributed by atoms with Crippen LogP contribution in [0.15, 0.2) is 11.1 Å². The first-order valence-electron chi connectivity index (χ1n) is 6.36. The van der Waals surface area contributed by atoms with Crippen molar-refractivity contribution >= 4 is 17.7 Å². The van der Waals surface area contributed by atoms with Crippen LogP contribution in [-0.4, -0.2) is 19.3 Å². The Morgan fingerprint density at radius 2 is 2.11 bits per heavy atom. The molecule has 1 aromatic carbocycles. The van der Waals surface area contributed by atoms with E-state index in [0.717, 1.165) is 36.1 Å². The minimum atomic E-state index is -0.515. The van der Waals surface area contributed by atoms with E-state index in [1.807, 2.05) is 6.92 Å². The highest BCUT2D eigenvalue weighted by molar-refractivity contribution is 6.31. The van der Waals surface area contributed by atoms with Gasteiger partial charge in [0.25, 0.3) is 0 Å². The summed E-state index contributed by atoms with van der Waals surface area (Å²) in [4.78, 5) is 14.7. The first kappa shape index (κ1) is 12.5. The average Bonchev–Trinajstić information content (AvgIpc) is 2.35. The van der Waals surface area contributed by atoms with Crippen LogP contribution in [0.25, 0.3) is 0 Å². The Kier molecular flexibility index (Phi) is 3.00. The van der Waals surface area contributed by atoms with E-state index < -0.39 is 5.54 Å². The van der Waals surface area contributed by atoms with E-state index in [0.29, 0.717) is 24.0 Å². The van der Waals surface area contributed by atoms with E-state index >= 15 is 0 Å². The number of hydrogen-bond acceptors (Lipinski definition) is 4. The number of halogens is 1. The van der Waals surface area contributed by atoms with Crippen LogP contribution in [0.5, 0.6) is 11.5 Å². The highest BCUT2D eigenvalue weighted by atomic mass is 35.5. The van der Waals surface area contributed by atoms with Crippen LogP contribution in [0, 0.1) is 6.92 Å². The third-order valence-corrected chi connectivity index (χ3v) is 4.23. The number of aliphatic imine (C=N–C) groups is 1. The number of carbonyl (C=O) groups excluding carboxylic acids is 1. The number of rotatable bonds is 2. The molecule has 1 saturated carbocycles. The van der Waals surface area contributed by atoms with Crippen LogP contribution in [0.4, 0.5) is 0 Å². The number of fused-ring (bicyclic) bond motifs is 1. The SMILES string of the molecule is Cc1c2c(cc(Cl)c1C1(N=C=O)CCC1)OCCO2. The summed E-state index contributed by atoms with van der Waals surface area (Å²) < 4.78 is 11.2. The molecule has 0 amide bonds. The summed E-state index contributed by atoms with van der Waals surface area (Å²) in [7, 11) is 0. The quantitative estimate of drug-likeness (QED) is 0.617. The maximum atomic E-state index is 10.7. The summed E-state index contributed by atoms with van der Waals surface area (Å²) in [6.45, 7) is 2.99. The first-order chi connectivity index (χ1) is 9.18. The molecule has 0 atom stereocenters. The molecule has 1 aliphatic carbocycles. The molecule has 1 heterocycles. The largest absolute Gasteiger partial charge is 0.486 e. The maximum Gasteiger partial charge on any atom is 0.235 e. The van der Waals surface area contributed by atoms with Crippen molar-refractivity contribution in [3.8, 4) is 11.5 Å². The summed E-state index contributed by atoms with van der Waals surface area (Å²) in [5.41, 5.74) is 1.28. The third-order valence-electron chi connectivity index (χ3n) is 3.93. The van der Waals surface area contributed by atoms with Crippen molar-refractivity contribution in [3.63, 3.8) is 0 Å². The molecule has 4 nitrogen and oxygen atoms in total. The van der Waals surface area contributed by atoms with Gasteiger partial charge in [0.1, 0.15) is 18.8 Å². The zero-order valence-electron chi connectivity index (χ0n) is 10.7. The number of benzene rings is 1. The van der Waals surface area contributed by atoms with Gasteiger partial charge in [0.2, 0.25) is 6.08 Å². The lowest BCUT2D eigenvalue weighted by Crippen LogP contribution is -2.33. The Bertz CT molecular complexity index is 575. The Labute approximate surface area is 116 Å². The predicted octanol–water partition coefficient (Wildman–Crippen LogP) is 3.13. The second-order valence-corrected chi connectivity index (χ2v) is 5.38. The number of nitrogens with zero attached hydrogens (tertiary/aromatic N) is 1. The maximum absolute atomic E-state index is 10.7. The minimum Gasteiger partial charge on any atom is -0.486 e. The van der Waals surface area contributed by atoms with Gasteiger partial charge in [-0.15, -0.1) is 0 Å². The van der Waals surface area contributed by atoms with Crippen LogP contribution in [0.2, 0.25) is 5.02 Å². The van der Waals surface area contributed by atoms with Gasteiger partial charge in [-0.05, 0) is 26.2 Å². The monoisotopic (exact) mass is 279 g/mol. The molecule has 0 N–H and O–H groups in total. The summed E-state index contributed by atoms with van der Waals surface area (Å²) in [6.07, 6.45) is 4.37. The fraction of sp³-hybridized carbons (Fsp3) is 0.500. The number of hydrogen-bond donors (Lipinski definition) is 0. The molecule has 19 heavy (non-hydrogen) atoms.